The van der Waals surface area contributed by atoms with Gasteiger partial charge in [-0.3, -0.25) is 4.79 Å². The van der Waals surface area contributed by atoms with Crippen LogP contribution in [0.5, 0.6) is 0 Å². The standard InChI is InChI=1S/C11H17NO/c1-8-3-4-10(7-9(8)2)5-6-11(12)13/h5-6,10H,3-4,7H2,1-2H3,(H2,12,13)/b6-5-. The highest BCUT2D eigenvalue weighted by Crippen LogP contribution is 2.29. The summed E-state index contributed by atoms with van der Waals surface area (Å²) in [5.74, 6) is 0.167. The fourth-order valence-corrected chi connectivity index (χ4v) is 1.68. The summed E-state index contributed by atoms with van der Waals surface area (Å²) < 4.78 is 0. The van der Waals surface area contributed by atoms with E-state index in [1.165, 1.54) is 17.2 Å². The van der Waals surface area contributed by atoms with Crippen molar-refractivity contribution in [1.82, 2.24) is 0 Å². The summed E-state index contributed by atoms with van der Waals surface area (Å²) in [5, 5.41) is 0. The number of primary amides is 1. The van der Waals surface area contributed by atoms with Crippen LogP contribution in [0.2, 0.25) is 0 Å². The molecule has 0 aromatic rings. The first kappa shape index (κ1) is 10.0. The van der Waals surface area contributed by atoms with Crippen molar-refractivity contribution in [2.75, 3.05) is 0 Å². The van der Waals surface area contributed by atoms with Gasteiger partial charge >= 0.3 is 0 Å². The second-order valence-electron chi connectivity index (χ2n) is 3.83. The highest BCUT2D eigenvalue weighted by molar-refractivity contribution is 5.85. The summed E-state index contributed by atoms with van der Waals surface area (Å²) in [7, 11) is 0. The number of amides is 1. The van der Waals surface area contributed by atoms with Crippen molar-refractivity contribution in [3.8, 4) is 0 Å². The molecule has 1 atom stereocenters. The van der Waals surface area contributed by atoms with Crippen LogP contribution >= 0.6 is 0 Å². The molecule has 0 aromatic heterocycles. The summed E-state index contributed by atoms with van der Waals surface area (Å²) in [6.45, 7) is 4.35. The first-order valence-electron chi connectivity index (χ1n) is 4.72. The van der Waals surface area contributed by atoms with Crippen LogP contribution in [0.3, 0.4) is 0 Å². The summed E-state index contributed by atoms with van der Waals surface area (Å²) in [6, 6.07) is 0. The van der Waals surface area contributed by atoms with E-state index in [9.17, 15) is 4.79 Å². The molecule has 1 unspecified atom stereocenters. The van der Waals surface area contributed by atoms with Crippen molar-refractivity contribution in [2.45, 2.75) is 33.1 Å². The maximum Gasteiger partial charge on any atom is 0.241 e. The van der Waals surface area contributed by atoms with Crippen molar-refractivity contribution in [2.24, 2.45) is 11.7 Å². The van der Waals surface area contributed by atoms with Gasteiger partial charge in [0.2, 0.25) is 5.91 Å². The molecule has 0 saturated heterocycles. The van der Waals surface area contributed by atoms with Crippen molar-refractivity contribution >= 4 is 5.91 Å². The van der Waals surface area contributed by atoms with Gasteiger partial charge in [0.05, 0.1) is 0 Å². The number of nitrogens with two attached hydrogens (primary N) is 1. The zero-order valence-electron chi connectivity index (χ0n) is 8.34. The lowest BCUT2D eigenvalue weighted by Gasteiger charge is -2.21. The molecule has 72 valence electrons. The normalized spacial score (nSPS) is 24.0. The maximum atomic E-state index is 10.5. The first-order chi connectivity index (χ1) is 6.09. The summed E-state index contributed by atoms with van der Waals surface area (Å²) >= 11 is 0. The molecular weight excluding hydrogens is 162 g/mol. The summed E-state index contributed by atoms with van der Waals surface area (Å²) in [6.07, 6.45) is 6.80. The van der Waals surface area contributed by atoms with E-state index in [1.807, 2.05) is 6.08 Å². The summed E-state index contributed by atoms with van der Waals surface area (Å²) in [5.41, 5.74) is 8.00. The maximum absolute atomic E-state index is 10.5. The predicted molar refractivity (Wildman–Crippen MR) is 54.0 cm³/mol. The van der Waals surface area contributed by atoms with Crippen LogP contribution in [0, 0.1) is 5.92 Å². The minimum absolute atomic E-state index is 0.344. The fraction of sp³-hybridized carbons (Fsp3) is 0.545. The molecule has 1 aliphatic carbocycles. The second kappa shape index (κ2) is 4.26. The second-order valence-corrected chi connectivity index (χ2v) is 3.83. The van der Waals surface area contributed by atoms with E-state index >= 15 is 0 Å². The Balaban J connectivity index is 2.54. The molecule has 2 heteroatoms. The lowest BCUT2D eigenvalue weighted by atomic mass is 9.85. The molecule has 1 aliphatic rings. The molecule has 0 fully saturated rings. The molecule has 0 heterocycles. The third-order valence-electron chi connectivity index (χ3n) is 2.72. The van der Waals surface area contributed by atoms with Crippen molar-refractivity contribution in [3.63, 3.8) is 0 Å². The first-order valence-corrected chi connectivity index (χ1v) is 4.72. The van der Waals surface area contributed by atoms with Gasteiger partial charge in [-0.05, 0) is 45.1 Å². The minimum atomic E-state index is -0.344. The molecule has 13 heavy (non-hydrogen) atoms. The van der Waals surface area contributed by atoms with Gasteiger partial charge in [0.1, 0.15) is 0 Å². The predicted octanol–water partition coefficient (Wildman–Crippen LogP) is 2.16. The van der Waals surface area contributed by atoms with E-state index in [0.717, 1.165) is 19.3 Å². The SMILES string of the molecule is CC1=C(C)CC(/C=C\C(N)=O)CC1. The van der Waals surface area contributed by atoms with Crippen LogP contribution in [-0.4, -0.2) is 5.91 Å². The number of hydrogen-bond acceptors (Lipinski definition) is 1. The van der Waals surface area contributed by atoms with E-state index < -0.39 is 0 Å². The molecule has 1 amide bonds. The fourth-order valence-electron chi connectivity index (χ4n) is 1.68. The molecule has 0 aliphatic heterocycles. The van der Waals surface area contributed by atoms with Crippen LogP contribution in [0.1, 0.15) is 33.1 Å². The van der Waals surface area contributed by atoms with Gasteiger partial charge in [0, 0.05) is 0 Å². The molecule has 0 spiro atoms. The van der Waals surface area contributed by atoms with Gasteiger partial charge in [0.25, 0.3) is 0 Å². The monoisotopic (exact) mass is 179 g/mol. The van der Waals surface area contributed by atoms with Crippen LogP contribution in [0.15, 0.2) is 23.3 Å². The van der Waals surface area contributed by atoms with Crippen LogP contribution in [0.4, 0.5) is 0 Å². The number of carbonyl (C=O) groups is 1. The molecule has 2 N–H and O–H groups in total. The van der Waals surface area contributed by atoms with Crippen molar-refractivity contribution in [3.05, 3.63) is 23.3 Å². The molecule has 0 bridgehead atoms. The highest BCUT2D eigenvalue weighted by Gasteiger charge is 2.13. The third kappa shape index (κ3) is 3.05. The molecule has 0 radical (unpaired) electrons. The Labute approximate surface area is 79.5 Å². The van der Waals surface area contributed by atoms with Gasteiger partial charge in [-0.15, -0.1) is 0 Å². The molecule has 0 saturated carbocycles. The van der Waals surface area contributed by atoms with Crippen molar-refractivity contribution < 1.29 is 4.79 Å². The van der Waals surface area contributed by atoms with Crippen LogP contribution in [0.25, 0.3) is 0 Å². The van der Waals surface area contributed by atoms with E-state index in [1.54, 1.807) is 0 Å². The summed E-state index contributed by atoms with van der Waals surface area (Å²) in [4.78, 5) is 10.5. The van der Waals surface area contributed by atoms with Gasteiger partial charge in [-0.1, -0.05) is 17.2 Å². The Hall–Kier alpha value is -1.05. The minimum Gasteiger partial charge on any atom is -0.366 e. The number of carbonyl (C=O) groups excluding carboxylic acids is 1. The Bertz CT molecular complexity index is 263. The van der Waals surface area contributed by atoms with E-state index in [0.29, 0.717) is 5.92 Å². The lowest BCUT2D eigenvalue weighted by molar-refractivity contribution is -0.113. The van der Waals surface area contributed by atoms with Gasteiger partial charge in [0.15, 0.2) is 0 Å². The zero-order chi connectivity index (χ0) is 9.84. The molecular formula is C11H17NO. The van der Waals surface area contributed by atoms with E-state index in [4.69, 9.17) is 5.73 Å². The van der Waals surface area contributed by atoms with Crippen LogP contribution in [-0.2, 0) is 4.79 Å². The molecule has 1 rings (SSSR count). The van der Waals surface area contributed by atoms with E-state index in [2.05, 4.69) is 13.8 Å². The Morgan fingerprint density at radius 1 is 1.46 bits per heavy atom. The highest BCUT2D eigenvalue weighted by atomic mass is 16.1. The average Bonchev–Trinajstić information content (AvgIpc) is 2.07. The van der Waals surface area contributed by atoms with Crippen molar-refractivity contribution in [1.29, 1.82) is 0 Å². The smallest absolute Gasteiger partial charge is 0.241 e. The number of rotatable bonds is 2. The quantitative estimate of drug-likeness (QED) is 0.512. The topological polar surface area (TPSA) is 43.1 Å². The number of allylic oxidation sites excluding steroid dienone is 3. The molecule has 0 aromatic carbocycles. The van der Waals surface area contributed by atoms with Gasteiger partial charge < -0.3 is 5.73 Å². The zero-order valence-corrected chi connectivity index (χ0v) is 8.34. The lowest BCUT2D eigenvalue weighted by Crippen LogP contribution is -2.09. The third-order valence-corrected chi connectivity index (χ3v) is 2.72. The van der Waals surface area contributed by atoms with Gasteiger partial charge in [-0.2, -0.15) is 0 Å². The Morgan fingerprint density at radius 3 is 2.69 bits per heavy atom. The van der Waals surface area contributed by atoms with E-state index in [-0.39, 0.29) is 5.91 Å². The largest absolute Gasteiger partial charge is 0.366 e. The number of hydrogen-bond donors (Lipinski definition) is 1. The Morgan fingerprint density at radius 2 is 2.15 bits per heavy atom. The average molecular weight is 179 g/mol. The van der Waals surface area contributed by atoms with Crippen LogP contribution < -0.4 is 5.73 Å². The van der Waals surface area contributed by atoms with Gasteiger partial charge in [-0.25, -0.2) is 0 Å². The Kier molecular flexibility index (Phi) is 3.29. The molecule has 2 nitrogen and oxygen atoms in total.